The number of hydrogen-bond donors (Lipinski definition) is 2. The summed E-state index contributed by atoms with van der Waals surface area (Å²) in [6.07, 6.45) is 0.860. The first-order chi connectivity index (χ1) is 9.11. The number of rotatable bonds is 3. The van der Waals surface area contributed by atoms with E-state index in [2.05, 4.69) is 5.32 Å². The Labute approximate surface area is 117 Å². The van der Waals surface area contributed by atoms with Crippen molar-refractivity contribution in [2.75, 3.05) is 11.1 Å². The number of nitrogen functional groups attached to an aromatic ring is 1. The first-order valence-electron chi connectivity index (χ1n) is 6.06. The molecule has 0 aliphatic heterocycles. The Kier molecular flexibility index (Phi) is 4.07. The topological polar surface area (TPSA) is 55.1 Å². The Bertz CT molecular complexity index is 611. The molecule has 0 unspecified atom stereocenters. The fourth-order valence-corrected chi connectivity index (χ4v) is 1.95. The highest BCUT2D eigenvalue weighted by Gasteiger charge is 2.09. The van der Waals surface area contributed by atoms with Gasteiger partial charge in [0.25, 0.3) is 5.91 Å². The summed E-state index contributed by atoms with van der Waals surface area (Å²) in [6.45, 7) is 2.05. The minimum atomic E-state index is -0.190. The quantitative estimate of drug-likeness (QED) is 0.838. The van der Waals surface area contributed by atoms with Gasteiger partial charge in [0.1, 0.15) is 0 Å². The van der Waals surface area contributed by atoms with Gasteiger partial charge in [-0.15, -0.1) is 0 Å². The molecule has 2 aromatic carbocycles. The van der Waals surface area contributed by atoms with Crippen molar-refractivity contribution < 1.29 is 4.79 Å². The van der Waals surface area contributed by atoms with Crippen LogP contribution in [0.4, 0.5) is 11.4 Å². The van der Waals surface area contributed by atoms with Gasteiger partial charge in [-0.05, 0) is 36.2 Å². The van der Waals surface area contributed by atoms with Crippen molar-refractivity contribution in [3.05, 3.63) is 58.6 Å². The van der Waals surface area contributed by atoms with Crippen LogP contribution in [0.2, 0.25) is 5.02 Å². The van der Waals surface area contributed by atoms with Crippen molar-refractivity contribution in [1.29, 1.82) is 0 Å². The van der Waals surface area contributed by atoms with E-state index in [1.54, 1.807) is 18.2 Å². The zero-order valence-electron chi connectivity index (χ0n) is 10.6. The Balaban J connectivity index is 2.23. The summed E-state index contributed by atoms with van der Waals surface area (Å²) in [5.41, 5.74) is 8.51. The van der Waals surface area contributed by atoms with Gasteiger partial charge in [-0.2, -0.15) is 0 Å². The summed E-state index contributed by atoms with van der Waals surface area (Å²) in [6, 6.07) is 12.6. The zero-order valence-corrected chi connectivity index (χ0v) is 11.4. The van der Waals surface area contributed by atoms with E-state index >= 15 is 0 Å². The third-order valence-corrected chi connectivity index (χ3v) is 3.25. The van der Waals surface area contributed by atoms with E-state index in [1.165, 1.54) is 0 Å². The molecule has 19 heavy (non-hydrogen) atoms. The number of carbonyl (C=O) groups is 1. The number of aryl methyl sites for hydroxylation is 1. The molecule has 3 N–H and O–H groups in total. The van der Waals surface area contributed by atoms with E-state index in [0.717, 1.165) is 17.7 Å². The van der Waals surface area contributed by atoms with E-state index < -0.39 is 0 Å². The molecule has 0 saturated heterocycles. The summed E-state index contributed by atoms with van der Waals surface area (Å²) in [5, 5.41) is 3.34. The summed E-state index contributed by atoms with van der Waals surface area (Å²) in [5.74, 6) is -0.190. The Morgan fingerprint density at radius 1 is 1.26 bits per heavy atom. The zero-order chi connectivity index (χ0) is 13.8. The van der Waals surface area contributed by atoms with E-state index in [-0.39, 0.29) is 5.91 Å². The van der Waals surface area contributed by atoms with E-state index in [0.29, 0.717) is 16.3 Å². The van der Waals surface area contributed by atoms with Crippen LogP contribution < -0.4 is 11.1 Å². The Morgan fingerprint density at radius 2 is 2.00 bits per heavy atom. The van der Waals surface area contributed by atoms with Crippen LogP contribution in [0.15, 0.2) is 42.5 Å². The third-order valence-electron chi connectivity index (χ3n) is 2.90. The van der Waals surface area contributed by atoms with Crippen molar-refractivity contribution in [3.8, 4) is 0 Å². The largest absolute Gasteiger partial charge is 0.398 e. The van der Waals surface area contributed by atoms with Gasteiger partial charge in [0.05, 0.1) is 10.7 Å². The molecule has 0 aliphatic carbocycles. The van der Waals surface area contributed by atoms with Gasteiger partial charge in [0.15, 0.2) is 0 Å². The molecule has 3 nitrogen and oxygen atoms in total. The molecule has 0 fully saturated rings. The first kappa shape index (κ1) is 13.4. The van der Waals surface area contributed by atoms with E-state index in [9.17, 15) is 4.79 Å². The standard InChI is InChI=1S/C15H15ClN2O/c1-2-10-5-3-4-6-14(10)18-15(19)11-7-8-12(16)13(17)9-11/h3-9H,2,17H2,1H3,(H,18,19). The van der Waals surface area contributed by atoms with Crippen LogP contribution in [0.5, 0.6) is 0 Å². The molecular weight excluding hydrogens is 260 g/mol. The molecule has 0 spiro atoms. The molecule has 2 aromatic rings. The lowest BCUT2D eigenvalue weighted by atomic mass is 10.1. The summed E-state index contributed by atoms with van der Waals surface area (Å²) < 4.78 is 0. The second-order valence-corrected chi connectivity index (χ2v) is 4.61. The fourth-order valence-electron chi connectivity index (χ4n) is 1.83. The maximum atomic E-state index is 12.1. The number of amides is 1. The molecule has 2 rings (SSSR count). The molecule has 0 aliphatic rings. The van der Waals surface area contributed by atoms with Gasteiger partial charge in [-0.25, -0.2) is 0 Å². The predicted molar refractivity (Wildman–Crippen MR) is 79.6 cm³/mol. The summed E-state index contributed by atoms with van der Waals surface area (Å²) in [4.78, 5) is 12.1. The number of anilines is 2. The Morgan fingerprint density at radius 3 is 2.68 bits per heavy atom. The summed E-state index contributed by atoms with van der Waals surface area (Å²) >= 11 is 5.84. The van der Waals surface area contributed by atoms with Crippen LogP contribution in [0.1, 0.15) is 22.8 Å². The maximum Gasteiger partial charge on any atom is 0.255 e. The van der Waals surface area contributed by atoms with Crippen molar-refractivity contribution in [2.24, 2.45) is 0 Å². The molecule has 0 aromatic heterocycles. The van der Waals surface area contributed by atoms with Crippen LogP contribution in [-0.4, -0.2) is 5.91 Å². The molecule has 0 radical (unpaired) electrons. The van der Waals surface area contributed by atoms with Crippen LogP contribution >= 0.6 is 11.6 Å². The lowest BCUT2D eigenvalue weighted by molar-refractivity contribution is 0.102. The van der Waals surface area contributed by atoms with Gasteiger partial charge in [-0.3, -0.25) is 4.79 Å². The number of benzene rings is 2. The van der Waals surface area contributed by atoms with Crippen LogP contribution in [0, 0.1) is 0 Å². The van der Waals surface area contributed by atoms with Gasteiger partial charge in [0, 0.05) is 11.3 Å². The Hall–Kier alpha value is -2.00. The van der Waals surface area contributed by atoms with E-state index in [1.807, 2.05) is 31.2 Å². The van der Waals surface area contributed by atoms with Crippen LogP contribution in [0.3, 0.4) is 0 Å². The van der Waals surface area contributed by atoms with Gasteiger partial charge < -0.3 is 11.1 Å². The highest BCUT2D eigenvalue weighted by atomic mass is 35.5. The monoisotopic (exact) mass is 274 g/mol. The molecule has 0 heterocycles. The second kappa shape index (κ2) is 5.76. The van der Waals surface area contributed by atoms with Crippen molar-refractivity contribution >= 4 is 28.9 Å². The highest BCUT2D eigenvalue weighted by Crippen LogP contribution is 2.21. The number of hydrogen-bond acceptors (Lipinski definition) is 2. The maximum absolute atomic E-state index is 12.1. The molecule has 4 heteroatoms. The average Bonchev–Trinajstić information content (AvgIpc) is 2.42. The van der Waals surface area contributed by atoms with Crippen LogP contribution in [-0.2, 0) is 6.42 Å². The lowest BCUT2D eigenvalue weighted by Crippen LogP contribution is -2.13. The van der Waals surface area contributed by atoms with Gasteiger partial charge >= 0.3 is 0 Å². The van der Waals surface area contributed by atoms with Crippen LogP contribution in [0.25, 0.3) is 0 Å². The number of nitrogens with one attached hydrogen (secondary N) is 1. The molecular formula is C15H15ClN2O. The SMILES string of the molecule is CCc1ccccc1NC(=O)c1ccc(Cl)c(N)c1. The third kappa shape index (κ3) is 3.06. The smallest absolute Gasteiger partial charge is 0.255 e. The number of nitrogens with two attached hydrogens (primary N) is 1. The first-order valence-corrected chi connectivity index (χ1v) is 6.44. The van der Waals surface area contributed by atoms with E-state index in [4.69, 9.17) is 17.3 Å². The van der Waals surface area contributed by atoms with Crippen molar-refractivity contribution in [2.45, 2.75) is 13.3 Å². The number of para-hydroxylation sites is 1. The van der Waals surface area contributed by atoms with Crippen molar-refractivity contribution in [1.82, 2.24) is 0 Å². The number of halogens is 1. The normalized spacial score (nSPS) is 10.2. The minimum Gasteiger partial charge on any atom is -0.398 e. The van der Waals surface area contributed by atoms with Crippen molar-refractivity contribution in [3.63, 3.8) is 0 Å². The molecule has 0 saturated carbocycles. The second-order valence-electron chi connectivity index (χ2n) is 4.20. The minimum absolute atomic E-state index is 0.190. The fraction of sp³-hybridized carbons (Fsp3) is 0.133. The molecule has 0 atom stereocenters. The lowest BCUT2D eigenvalue weighted by Gasteiger charge is -2.10. The summed E-state index contributed by atoms with van der Waals surface area (Å²) in [7, 11) is 0. The van der Waals surface area contributed by atoms with Gasteiger partial charge in [-0.1, -0.05) is 36.7 Å². The molecule has 0 bridgehead atoms. The molecule has 1 amide bonds. The predicted octanol–water partition coefficient (Wildman–Crippen LogP) is 3.74. The average molecular weight is 275 g/mol. The highest BCUT2D eigenvalue weighted by molar-refractivity contribution is 6.33. The van der Waals surface area contributed by atoms with Gasteiger partial charge in [0.2, 0.25) is 0 Å². The number of carbonyl (C=O) groups excluding carboxylic acids is 1. The molecule has 98 valence electrons.